The zero-order chi connectivity index (χ0) is 15.4. The predicted molar refractivity (Wildman–Crippen MR) is 89.6 cm³/mol. The van der Waals surface area contributed by atoms with Crippen LogP contribution >= 0.6 is 11.3 Å². The van der Waals surface area contributed by atoms with Crippen molar-refractivity contribution >= 4 is 21.4 Å². The molecule has 3 aromatic rings. The number of benzene rings is 2. The van der Waals surface area contributed by atoms with Gasteiger partial charge < -0.3 is 10.4 Å². The number of nitrogens with zero attached hydrogens (tertiary/aromatic N) is 1. The zero-order valence-corrected chi connectivity index (χ0v) is 12.8. The second kappa shape index (κ2) is 6.71. The van der Waals surface area contributed by atoms with Crippen molar-refractivity contribution in [2.24, 2.45) is 0 Å². The van der Waals surface area contributed by atoms with Crippen LogP contribution in [0.2, 0.25) is 0 Å². The second-order valence-electron chi connectivity index (χ2n) is 5.14. The Morgan fingerprint density at radius 2 is 1.91 bits per heavy atom. The topological polar surface area (TPSA) is 56.0 Å². The minimum atomic E-state index is -0.504. The summed E-state index contributed by atoms with van der Waals surface area (Å²) >= 11 is 1.63. The fraction of sp³-hybridized carbons (Fsp3) is 0.167. The van der Waals surface area contributed by atoms with E-state index in [1.807, 2.05) is 30.3 Å². The molecule has 2 N–H and O–H groups in total. The van der Waals surface area contributed by atoms with Crippen LogP contribution in [0.3, 0.4) is 0 Å². The summed E-state index contributed by atoms with van der Waals surface area (Å²) in [6.45, 7) is 1.18. The molecule has 4 heteroatoms. The number of nitrogens with one attached hydrogen (secondary N) is 1. The molecule has 110 valence electrons. The Balaban J connectivity index is 1.57. The number of fused-ring (bicyclic) bond motifs is 1. The lowest BCUT2D eigenvalue weighted by Gasteiger charge is -2.10. The molecule has 3 nitrogen and oxygen atoms in total. The molecular weight excluding hydrogens is 292 g/mol. The maximum atomic E-state index is 10.3. The van der Waals surface area contributed by atoms with E-state index >= 15 is 0 Å². The lowest BCUT2D eigenvalue weighted by atomic mass is 10.1. The van der Waals surface area contributed by atoms with Gasteiger partial charge in [-0.1, -0.05) is 30.3 Å². The van der Waals surface area contributed by atoms with E-state index in [-0.39, 0.29) is 0 Å². The number of thiophene rings is 1. The number of hydrogen-bond donors (Lipinski definition) is 2. The van der Waals surface area contributed by atoms with Crippen LogP contribution in [0.5, 0.6) is 0 Å². The molecule has 1 aromatic heterocycles. The Hall–Kier alpha value is -2.19. The average Bonchev–Trinajstić information content (AvgIpc) is 2.99. The third kappa shape index (κ3) is 3.34. The van der Waals surface area contributed by atoms with Crippen molar-refractivity contribution in [1.82, 2.24) is 5.32 Å². The first-order chi connectivity index (χ1) is 10.8. The van der Waals surface area contributed by atoms with Crippen molar-refractivity contribution in [3.05, 3.63) is 70.6 Å². The van der Waals surface area contributed by atoms with Gasteiger partial charge in [-0.25, -0.2) is 0 Å². The molecule has 0 bridgehead atoms. The van der Waals surface area contributed by atoms with Crippen molar-refractivity contribution in [1.29, 1.82) is 5.26 Å². The van der Waals surface area contributed by atoms with Gasteiger partial charge in [0.1, 0.15) is 6.10 Å². The molecule has 1 heterocycles. The summed E-state index contributed by atoms with van der Waals surface area (Å²) in [7, 11) is 0. The van der Waals surface area contributed by atoms with Crippen LogP contribution in [0.25, 0.3) is 10.1 Å². The highest BCUT2D eigenvalue weighted by atomic mass is 32.1. The molecule has 0 aliphatic carbocycles. The first-order valence-electron chi connectivity index (χ1n) is 7.12. The van der Waals surface area contributed by atoms with Crippen LogP contribution in [0, 0.1) is 11.3 Å². The van der Waals surface area contributed by atoms with Crippen LogP contribution < -0.4 is 5.32 Å². The Bertz CT molecular complexity index is 769. The molecule has 0 aliphatic heterocycles. The molecule has 0 aliphatic rings. The molecular formula is C18H16N2OS. The van der Waals surface area contributed by atoms with Crippen LogP contribution in [-0.4, -0.2) is 11.7 Å². The summed E-state index contributed by atoms with van der Waals surface area (Å²) < 4.78 is 1.20. The van der Waals surface area contributed by atoms with Gasteiger partial charge >= 0.3 is 0 Å². The summed E-state index contributed by atoms with van der Waals surface area (Å²) in [5.41, 5.74) is 1.76. The number of hydrogen-bond acceptors (Lipinski definition) is 4. The van der Waals surface area contributed by atoms with Gasteiger partial charge in [0.25, 0.3) is 0 Å². The predicted octanol–water partition coefficient (Wildman–Crippen LogP) is 3.60. The van der Waals surface area contributed by atoms with Crippen LogP contribution in [0.15, 0.2) is 54.6 Å². The third-order valence-corrected chi connectivity index (χ3v) is 4.74. The van der Waals surface area contributed by atoms with Gasteiger partial charge in [0.05, 0.1) is 11.6 Å². The minimum Gasteiger partial charge on any atom is -0.386 e. The highest BCUT2D eigenvalue weighted by Crippen LogP contribution is 2.29. The van der Waals surface area contributed by atoms with E-state index in [2.05, 4.69) is 23.5 Å². The molecule has 0 spiro atoms. The average molecular weight is 308 g/mol. The van der Waals surface area contributed by atoms with E-state index in [9.17, 15) is 5.11 Å². The van der Waals surface area contributed by atoms with Gasteiger partial charge in [-0.3, -0.25) is 0 Å². The minimum absolute atomic E-state index is 0.504. The largest absolute Gasteiger partial charge is 0.386 e. The smallest absolute Gasteiger partial charge is 0.101 e. The first-order valence-corrected chi connectivity index (χ1v) is 7.94. The highest BCUT2D eigenvalue weighted by molar-refractivity contribution is 7.19. The Kier molecular flexibility index (Phi) is 4.50. The van der Waals surface area contributed by atoms with Crippen molar-refractivity contribution in [2.45, 2.75) is 12.6 Å². The molecule has 0 fully saturated rings. The molecule has 0 saturated heterocycles. The normalized spacial score (nSPS) is 12.2. The molecule has 0 radical (unpaired) electrons. The summed E-state index contributed by atoms with van der Waals surface area (Å²) in [5, 5.41) is 23.5. The lowest BCUT2D eigenvalue weighted by Crippen LogP contribution is -2.20. The van der Waals surface area contributed by atoms with Gasteiger partial charge in [0.2, 0.25) is 0 Å². The standard InChI is InChI=1S/C18H16N2OS/c19-10-13-5-7-14(8-6-13)11-20-12-16(21)18-9-15-3-1-2-4-17(15)22-18/h1-9,16,20-21H,11-12H2. The number of nitriles is 1. The summed E-state index contributed by atoms with van der Waals surface area (Å²) in [5.74, 6) is 0. The molecule has 0 saturated carbocycles. The second-order valence-corrected chi connectivity index (χ2v) is 6.26. The van der Waals surface area contributed by atoms with Crippen molar-refractivity contribution < 1.29 is 5.11 Å². The van der Waals surface area contributed by atoms with Gasteiger partial charge in [0.15, 0.2) is 0 Å². The van der Waals surface area contributed by atoms with Crippen LogP contribution in [0.1, 0.15) is 22.1 Å². The Morgan fingerprint density at radius 3 is 2.64 bits per heavy atom. The van der Waals surface area contributed by atoms with E-state index in [0.29, 0.717) is 18.7 Å². The molecule has 1 unspecified atom stereocenters. The summed E-state index contributed by atoms with van der Waals surface area (Å²) in [6, 6.07) is 19.8. The van der Waals surface area contributed by atoms with Gasteiger partial charge in [-0.05, 0) is 35.2 Å². The number of rotatable bonds is 5. The molecule has 2 aromatic carbocycles. The molecule has 1 atom stereocenters. The van der Waals surface area contributed by atoms with E-state index in [4.69, 9.17) is 5.26 Å². The Labute approximate surface area is 133 Å². The van der Waals surface area contributed by atoms with Gasteiger partial charge in [0, 0.05) is 22.7 Å². The van der Waals surface area contributed by atoms with E-state index in [1.165, 1.54) is 10.1 Å². The molecule has 3 rings (SSSR count). The quantitative estimate of drug-likeness (QED) is 0.757. The summed E-state index contributed by atoms with van der Waals surface area (Å²) in [4.78, 5) is 0.980. The fourth-order valence-electron chi connectivity index (χ4n) is 2.32. The van der Waals surface area contributed by atoms with Crippen molar-refractivity contribution in [3.63, 3.8) is 0 Å². The van der Waals surface area contributed by atoms with Crippen molar-refractivity contribution in [3.8, 4) is 6.07 Å². The maximum absolute atomic E-state index is 10.3. The lowest BCUT2D eigenvalue weighted by molar-refractivity contribution is 0.178. The first kappa shape index (κ1) is 14.7. The maximum Gasteiger partial charge on any atom is 0.101 e. The van der Waals surface area contributed by atoms with Crippen molar-refractivity contribution in [2.75, 3.05) is 6.54 Å². The molecule has 22 heavy (non-hydrogen) atoms. The number of aliphatic hydroxyl groups excluding tert-OH is 1. The van der Waals surface area contributed by atoms with Gasteiger partial charge in [-0.2, -0.15) is 5.26 Å². The Morgan fingerprint density at radius 1 is 1.14 bits per heavy atom. The van der Waals surface area contributed by atoms with E-state index < -0.39 is 6.10 Å². The zero-order valence-electron chi connectivity index (χ0n) is 12.0. The van der Waals surface area contributed by atoms with E-state index in [0.717, 1.165) is 10.4 Å². The SMILES string of the molecule is N#Cc1ccc(CNCC(O)c2cc3ccccc3s2)cc1. The monoisotopic (exact) mass is 308 g/mol. The molecule has 0 amide bonds. The third-order valence-electron chi connectivity index (χ3n) is 3.52. The summed E-state index contributed by atoms with van der Waals surface area (Å²) in [6.07, 6.45) is -0.504. The highest BCUT2D eigenvalue weighted by Gasteiger charge is 2.10. The van der Waals surface area contributed by atoms with Gasteiger partial charge in [-0.15, -0.1) is 11.3 Å². The fourth-order valence-corrected chi connectivity index (χ4v) is 3.37. The number of aliphatic hydroxyl groups is 1. The van der Waals surface area contributed by atoms with E-state index in [1.54, 1.807) is 23.5 Å². The van der Waals surface area contributed by atoms with Crippen LogP contribution in [-0.2, 0) is 6.54 Å². The van der Waals surface area contributed by atoms with Crippen LogP contribution in [0.4, 0.5) is 0 Å².